The second-order valence-electron chi connectivity index (χ2n) is 4.49. The summed E-state index contributed by atoms with van der Waals surface area (Å²) in [6.07, 6.45) is 1.62. The van der Waals surface area contributed by atoms with Crippen molar-refractivity contribution < 1.29 is 9.18 Å². The topological polar surface area (TPSA) is 73.8 Å². The van der Waals surface area contributed by atoms with Crippen LogP contribution in [0.2, 0.25) is 0 Å². The summed E-state index contributed by atoms with van der Waals surface area (Å²) in [6.45, 7) is -0.0264. The number of nitrogens with zero attached hydrogens (tertiary/aromatic N) is 3. The van der Waals surface area contributed by atoms with E-state index < -0.39 is 5.91 Å². The van der Waals surface area contributed by atoms with Crippen molar-refractivity contribution in [2.24, 2.45) is 5.73 Å². The van der Waals surface area contributed by atoms with E-state index in [0.717, 1.165) is 4.47 Å². The summed E-state index contributed by atoms with van der Waals surface area (Å²) in [4.78, 5) is 19.9. The molecular weight excluding hydrogens is 339 g/mol. The lowest BCUT2D eigenvalue weighted by atomic mass is 10.2. The number of primary amides is 1. The summed E-state index contributed by atoms with van der Waals surface area (Å²) in [6, 6.07) is 7.69. The highest BCUT2D eigenvalue weighted by Gasteiger charge is 2.15. The number of aromatic nitrogens is 3. The molecule has 0 aliphatic rings. The van der Waals surface area contributed by atoms with Crippen molar-refractivity contribution in [3.8, 4) is 11.4 Å². The minimum absolute atomic E-state index is 0.0264. The number of imidazole rings is 1. The number of carbonyl (C=O) groups excluding carboxylic acids is 1. The fraction of sp³-hybridized carbons (Fsp3) is 0.0714. The van der Waals surface area contributed by atoms with Crippen molar-refractivity contribution in [2.75, 3.05) is 0 Å². The number of carbonyl (C=O) groups is 1. The van der Waals surface area contributed by atoms with Gasteiger partial charge in [0.15, 0.2) is 5.65 Å². The lowest BCUT2D eigenvalue weighted by Gasteiger charge is -2.06. The van der Waals surface area contributed by atoms with E-state index in [4.69, 9.17) is 5.73 Å². The van der Waals surface area contributed by atoms with E-state index in [2.05, 4.69) is 25.9 Å². The highest BCUT2D eigenvalue weighted by molar-refractivity contribution is 9.10. The van der Waals surface area contributed by atoms with E-state index in [-0.39, 0.29) is 12.4 Å². The van der Waals surface area contributed by atoms with Gasteiger partial charge in [-0.25, -0.2) is 14.4 Å². The first-order chi connectivity index (χ1) is 10.0. The van der Waals surface area contributed by atoms with Crippen LogP contribution in [0.4, 0.5) is 4.39 Å². The maximum atomic E-state index is 13.1. The molecule has 0 saturated carbocycles. The molecular formula is C14H10BrFN4O. The number of rotatable bonds is 3. The SMILES string of the molecule is NC(=O)Cn1c(-c2ccc(F)cc2)nc2ncc(Br)cc21. The third-order valence-corrected chi connectivity index (χ3v) is 3.42. The van der Waals surface area contributed by atoms with Gasteiger partial charge in [0.05, 0.1) is 5.52 Å². The quantitative estimate of drug-likeness (QED) is 0.790. The molecule has 21 heavy (non-hydrogen) atoms. The molecule has 0 atom stereocenters. The van der Waals surface area contributed by atoms with E-state index in [9.17, 15) is 9.18 Å². The molecule has 0 aliphatic carbocycles. The summed E-state index contributed by atoms with van der Waals surface area (Å²) in [5, 5.41) is 0. The van der Waals surface area contributed by atoms with Crippen molar-refractivity contribution in [3.05, 3.63) is 46.8 Å². The Hall–Kier alpha value is -2.28. The van der Waals surface area contributed by atoms with Gasteiger partial charge in [-0.15, -0.1) is 0 Å². The zero-order valence-electron chi connectivity index (χ0n) is 10.8. The number of amides is 1. The molecule has 2 heterocycles. The van der Waals surface area contributed by atoms with Crippen molar-refractivity contribution in [2.45, 2.75) is 6.54 Å². The van der Waals surface area contributed by atoms with Gasteiger partial charge < -0.3 is 10.3 Å². The van der Waals surface area contributed by atoms with Crippen molar-refractivity contribution >= 4 is 33.0 Å². The van der Waals surface area contributed by atoms with Crippen LogP contribution in [0, 0.1) is 5.82 Å². The third-order valence-electron chi connectivity index (χ3n) is 2.99. The molecule has 1 aromatic carbocycles. The lowest BCUT2D eigenvalue weighted by molar-refractivity contribution is -0.118. The molecule has 5 nitrogen and oxygen atoms in total. The van der Waals surface area contributed by atoms with Crippen LogP contribution in [0.1, 0.15) is 0 Å². The molecule has 0 unspecified atom stereocenters. The van der Waals surface area contributed by atoms with E-state index in [1.54, 1.807) is 22.9 Å². The Kier molecular flexibility index (Phi) is 3.42. The second-order valence-corrected chi connectivity index (χ2v) is 5.41. The fourth-order valence-corrected chi connectivity index (χ4v) is 2.44. The molecule has 2 aromatic heterocycles. The highest BCUT2D eigenvalue weighted by Crippen LogP contribution is 2.25. The predicted molar refractivity (Wildman–Crippen MR) is 79.8 cm³/mol. The summed E-state index contributed by atoms with van der Waals surface area (Å²) in [7, 11) is 0. The van der Waals surface area contributed by atoms with Crippen molar-refractivity contribution in [1.29, 1.82) is 0 Å². The number of fused-ring (bicyclic) bond motifs is 1. The Bertz CT molecular complexity index is 829. The maximum absolute atomic E-state index is 13.1. The number of hydrogen-bond donors (Lipinski definition) is 1. The van der Waals surface area contributed by atoms with Crippen molar-refractivity contribution in [1.82, 2.24) is 14.5 Å². The Labute approximate surface area is 127 Å². The summed E-state index contributed by atoms with van der Waals surface area (Å²) in [5.41, 5.74) is 7.17. The largest absolute Gasteiger partial charge is 0.368 e. The number of hydrogen-bond acceptors (Lipinski definition) is 3. The summed E-state index contributed by atoms with van der Waals surface area (Å²) >= 11 is 3.34. The highest BCUT2D eigenvalue weighted by atomic mass is 79.9. The van der Waals surface area contributed by atoms with E-state index in [1.807, 2.05) is 6.07 Å². The molecule has 0 fully saturated rings. The normalized spacial score (nSPS) is 11.0. The first-order valence-corrected chi connectivity index (χ1v) is 6.90. The van der Waals surface area contributed by atoms with E-state index >= 15 is 0 Å². The van der Waals surface area contributed by atoms with Gasteiger partial charge in [0.1, 0.15) is 18.2 Å². The first kappa shape index (κ1) is 13.7. The standard InChI is InChI=1S/C14H10BrFN4O/c15-9-5-11-13(18-6-9)19-14(20(11)7-12(17)21)8-1-3-10(16)4-2-8/h1-6H,7H2,(H2,17,21). The molecule has 3 rings (SSSR count). The Morgan fingerprint density at radius 3 is 2.71 bits per heavy atom. The molecule has 0 saturated heterocycles. The number of pyridine rings is 1. The number of nitrogens with two attached hydrogens (primary N) is 1. The summed E-state index contributed by atoms with van der Waals surface area (Å²) < 4.78 is 15.5. The zero-order valence-corrected chi connectivity index (χ0v) is 12.3. The minimum Gasteiger partial charge on any atom is -0.368 e. The molecule has 0 aliphatic heterocycles. The van der Waals surface area contributed by atoms with Crippen LogP contribution >= 0.6 is 15.9 Å². The Balaban J connectivity index is 2.25. The molecule has 2 N–H and O–H groups in total. The monoisotopic (exact) mass is 348 g/mol. The number of benzene rings is 1. The van der Waals surface area contributed by atoms with Crippen molar-refractivity contribution in [3.63, 3.8) is 0 Å². The molecule has 0 radical (unpaired) electrons. The lowest BCUT2D eigenvalue weighted by Crippen LogP contribution is -2.19. The molecule has 0 spiro atoms. The molecule has 1 amide bonds. The zero-order chi connectivity index (χ0) is 15.0. The van der Waals surface area contributed by atoms with Crippen LogP contribution in [0.25, 0.3) is 22.6 Å². The molecule has 3 aromatic rings. The molecule has 7 heteroatoms. The maximum Gasteiger partial charge on any atom is 0.237 e. The van der Waals surface area contributed by atoms with Gasteiger partial charge in [0.2, 0.25) is 5.91 Å². The second kappa shape index (κ2) is 5.25. The van der Waals surface area contributed by atoms with Gasteiger partial charge in [-0.2, -0.15) is 0 Å². The average Bonchev–Trinajstić information content (AvgIpc) is 2.77. The third kappa shape index (κ3) is 2.64. The van der Waals surface area contributed by atoms with E-state index in [0.29, 0.717) is 22.6 Å². The van der Waals surface area contributed by atoms with Gasteiger partial charge in [0, 0.05) is 16.2 Å². The van der Waals surface area contributed by atoms with Crippen LogP contribution in [0.15, 0.2) is 41.0 Å². The van der Waals surface area contributed by atoms with E-state index in [1.165, 1.54) is 12.1 Å². The van der Waals surface area contributed by atoms with Gasteiger partial charge in [-0.05, 0) is 46.3 Å². The van der Waals surface area contributed by atoms with Gasteiger partial charge in [-0.1, -0.05) is 0 Å². The van der Waals surface area contributed by atoms with Gasteiger partial charge >= 0.3 is 0 Å². The fourth-order valence-electron chi connectivity index (χ4n) is 2.12. The number of halogens is 2. The van der Waals surface area contributed by atoms with Crippen LogP contribution in [0.5, 0.6) is 0 Å². The minimum atomic E-state index is -0.488. The van der Waals surface area contributed by atoms with Crippen LogP contribution in [-0.2, 0) is 11.3 Å². The van der Waals surface area contributed by atoms with Gasteiger partial charge in [-0.3, -0.25) is 4.79 Å². The van der Waals surface area contributed by atoms with Crippen LogP contribution in [0.3, 0.4) is 0 Å². The smallest absolute Gasteiger partial charge is 0.237 e. The predicted octanol–water partition coefficient (Wildman–Crippen LogP) is 2.49. The first-order valence-electron chi connectivity index (χ1n) is 6.10. The Morgan fingerprint density at radius 2 is 2.05 bits per heavy atom. The summed E-state index contributed by atoms with van der Waals surface area (Å²) in [5.74, 6) is -0.302. The van der Waals surface area contributed by atoms with Crippen LogP contribution < -0.4 is 5.73 Å². The average molecular weight is 349 g/mol. The Morgan fingerprint density at radius 1 is 1.33 bits per heavy atom. The molecule has 0 bridgehead atoms. The molecule has 106 valence electrons. The van der Waals surface area contributed by atoms with Gasteiger partial charge in [0.25, 0.3) is 0 Å². The van der Waals surface area contributed by atoms with Crippen LogP contribution in [-0.4, -0.2) is 20.4 Å².